The summed E-state index contributed by atoms with van der Waals surface area (Å²) in [5.74, 6) is 1.66. The van der Waals surface area contributed by atoms with Crippen LogP contribution in [0.4, 0.5) is 0 Å². The molecule has 4 heteroatoms. The molecule has 1 aliphatic heterocycles. The van der Waals surface area contributed by atoms with Crippen LogP contribution in [0.3, 0.4) is 0 Å². The van der Waals surface area contributed by atoms with Gasteiger partial charge in [0, 0.05) is 29.2 Å². The van der Waals surface area contributed by atoms with Crippen molar-refractivity contribution in [2.75, 3.05) is 7.11 Å². The highest BCUT2D eigenvalue weighted by molar-refractivity contribution is 5.46. The lowest BCUT2D eigenvalue weighted by atomic mass is 9.79. The third-order valence-electron chi connectivity index (χ3n) is 4.41. The quantitative estimate of drug-likeness (QED) is 0.828. The summed E-state index contributed by atoms with van der Waals surface area (Å²) < 4.78 is 11.5. The van der Waals surface area contributed by atoms with Gasteiger partial charge in [-0.05, 0) is 60.5 Å². The molecule has 0 unspecified atom stereocenters. The number of nitrogens with one attached hydrogen (secondary N) is 2. The summed E-state index contributed by atoms with van der Waals surface area (Å²) >= 11 is 0. The molecule has 1 fully saturated rings. The number of rotatable bonds is 6. The SMILES string of the molecule is COc1cccc(CNC2CC(C)(C)NC(C)(C)C2)c1OC(C)C. The first kappa shape index (κ1) is 19.1. The smallest absolute Gasteiger partial charge is 0.166 e. The molecular weight excluding hydrogens is 300 g/mol. The molecule has 2 rings (SSSR count). The molecule has 2 N–H and O–H groups in total. The Morgan fingerprint density at radius 2 is 1.79 bits per heavy atom. The fourth-order valence-electron chi connectivity index (χ4n) is 3.95. The maximum atomic E-state index is 6.01. The van der Waals surface area contributed by atoms with Crippen LogP contribution in [0.25, 0.3) is 0 Å². The van der Waals surface area contributed by atoms with Crippen molar-refractivity contribution in [3.63, 3.8) is 0 Å². The number of piperidine rings is 1. The van der Waals surface area contributed by atoms with Gasteiger partial charge in [-0.2, -0.15) is 0 Å². The molecule has 136 valence electrons. The number of para-hydroxylation sites is 1. The summed E-state index contributed by atoms with van der Waals surface area (Å²) in [4.78, 5) is 0. The van der Waals surface area contributed by atoms with Gasteiger partial charge in [-0.3, -0.25) is 0 Å². The van der Waals surface area contributed by atoms with E-state index >= 15 is 0 Å². The molecule has 1 aromatic carbocycles. The van der Waals surface area contributed by atoms with E-state index in [1.165, 1.54) is 0 Å². The highest BCUT2D eigenvalue weighted by atomic mass is 16.5. The minimum Gasteiger partial charge on any atom is -0.493 e. The summed E-state index contributed by atoms with van der Waals surface area (Å²) in [5, 5.41) is 7.47. The van der Waals surface area contributed by atoms with Gasteiger partial charge in [0.2, 0.25) is 0 Å². The average Bonchev–Trinajstić information content (AvgIpc) is 2.42. The standard InChI is InChI=1S/C20H34N2O2/c1-14(2)24-18-15(9-8-10-17(18)23-7)13-21-16-11-19(3,4)22-20(5,6)12-16/h8-10,14,16,21-22H,11-13H2,1-7H3. The highest BCUT2D eigenvalue weighted by Gasteiger charge is 2.37. The van der Waals surface area contributed by atoms with Crippen LogP contribution in [-0.4, -0.2) is 30.3 Å². The Hall–Kier alpha value is -1.26. The van der Waals surface area contributed by atoms with Gasteiger partial charge < -0.3 is 20.1 Å². The molecule has 0 amide bonds. The van der Waals surface area contributed by atoms with Crippen molar-refractivity contribution < 1.29 is 9.47 Å². The third-order valence-corrected chi connectivity index (χ3v) is 4.41. The number of hydrogen-bond acceptors (Lipinski definition) is 4. The zero-order chi connectivity index (χ0) is 18.0. The van der Waals surface area contributed by atoms with Crippen molar-refractivity contribution in [1.82, 2.24) is 10.6 Å². The second-order valence-corrected chi connectivity index (χ2v) is 8.49. The summed E-state index contributed by atoms with van der Waals surface area (Å²) in [6, 6.07) is 6.58. The van der Waals surface area contributed by atoms with Crippen LogP contribution in [0.15, 0.2) is 18.2 Å². The van der Waals surface area contributed by atoms with E-state index < -0.39 is 0 Å². The minimum absolute atomic E-state index is 0.122. The van der Waals surface area contributed by atoms with E-state index in [-0.39, 0.29) is 17.2 Å². The molecular formula is C20H34N2O2. The first-order valence-electron chi connectivity index (χ1n) is 8.97. The number of methoxy groups -OCH3 is 1. The van der Waals surface area contributed by atoms with Gasteiger partial charge in [0.15, 0.2) is 11.5 Å². The Kier molecular flexibility index (Phi) is 5.82. The summed E-state index contributed by atoms with van der Waals surface area (Å²) in [5.41, 5.74) is 1.44. The fraction of sp³-hybridized carbons (Fsp3) is 0.700. The van der Waals surface area contributed by atoms with Gasteiger partial charge in [-0.25, -0.2) is 0 Å². The summed E-state index contributed by atoms with van der Waals surface area (Å²) in [6.07, 6.45) is 2.35. The Morgan fingerprint density at radius 1 is 1.17 bits per heavy atom. The van der Waals surface area contributed by atoms with E-state index in [1.807, 2.05) is 26.0 Å². The lowest BCUT2D eigenvalue weighted by molar-refractivity contribution is 0.145. The molecule has 1 saturated heterocycles. The van der Waals surface area contributed by atoms with Gasteiger partial charge in [-0.1, -0.05) is 12.1 Å². The lowest BCUT2D eigenvalue weighted by Crippen LogP contribution is -2.61. The normalized spacial score (nSPS) is 20.2. The maximum Gasteiger partial charge on any atom is 0.166 e. The summed E-state index contributed by atoms with van der Waals surface area (Å²) in [6.45, 7) is 14.0. The maximum absolute atomic E-state index is 6.01. The van der Waals surface area contributed by atoms with Crippen LogP contribution in [0.1, 0.15) is 59.9 Å². The van der Waals surface area contributed by atoms with Gasteiger partial charge >= 0.3 is 0 Å². The van der Waals surface area contributed by atoms with Crippen LogP contribution in [0.2, 0.25) is 0 Å². The van der Waals surface area contributed by atoms with Crippen LogP contribution in [0.5, 0.6) is 11.5 Å². The Morgan fingerprint density at radius 3 is 2.33 bits per heavy atom. The van der Waals surface area contributed by atoms with E-state index in [2.05, 4.69) is 44.4 Å². The van der Waals surface area contributed by atoms with Gasteiger partial charge in [0.05, 0.1) is 13.2 Å². The second-order valence-electron chi connectivity index (χ2n) is 8.49. The molecule has 0 bridgehead atoms. The van der Waals surface area contributed by atoms with Crippen molar-refractivity contribution in [2.24, 2.45) is 0 Å². The van der Waals surface area contributed by atoms with Crippen LogP contribution in [0, 0.1) is 0 Å². The Balaban J connectivity index is 2.11. The second kappa shape index (κ2) is 7.32. The molecule has 1 aromatic rings. The molecule has 0 atom stereocenters. The molecule has 0 saturated carbocycles. The molecule has 0 spiro atoms. The van der Waals surface area contributed by atoms with Crippen molar-refractivity contribution in [2.45, 2.75) is 84.2 Å². The topological polar surface area (TPSA) is 42.5 Å². The molecule has 1 heterocycles. The zero-order valence-electron chi connectivity index (χ0n) is 16.3. The number of hydrogen-bond donors (Lipinski definition) is 2. The van der Waals surface area contributed by atoms with Crippen molar-refractivity contribution in [1.29, 1.82) is 0 Å². The van der Waals surface area contributed by atoms with Gasteiger partial charge in [0.1, 0.15) is 0 Å². The number of benzene rings is 1. The average molecular weight is 335 g/mol. The Bertz CT molecular complexity index is 537. The van der Waals surface area contributed by atoms with Crippen molar-refractivity contribution in [3.8, 4) is 11.5 Å². The first-order valence-corrected chi connectivity index (χ1v) is 8.97. The monoisotopic (exact) mass is 334 g/mol. The minimum atomic E-state index is 0.122. The molecule has 24 heavy (non-hydrogen) atoms. The fourth-order valence-corrected chi connectivity index (χ4v) is 3.95. The van der Waals surface area contributed by atoms with E-state index in [1.54, 1.807) is 7.11 Å². The predicted molar refractivity (Wildman–Crippen MR) is 99.9 cm³/mol. The molecule has 4 nitrogen and oxygen atoms in total. The summed E-state index contributed by atoms with van der Waals surface area (Å²) in [7, 11) is 1.69. The molecule has 0 radical (unpaired) electrons. The van der Waals surface area contributed by atoms with Gasteiger partial charge in [-0.15, -0.1) is 0 Å². The largest absolute Gasteiger partial charge is 0.493 e. The molecule has 0 aromatic heterocycles. The Labute approximate surface area is 147 Å². The lowest BCUT2D eigenvalue weighted by Gasteiger charge is -2.46. The van der Waals surface area contributed by atoms with E-state index in [9.17, 15) is 0 Å². The first-order chi connectivity index (χ1) is 11.1. The van der Waals surface area contributed by atoms with Crippen LogP contribution >= 0.6 is 0 Å². The van der Waals surface area contributed by atoms with Crippen molar-refractivity contribution >= 4 is 0 Å². The van der Waals surface area contributed by atoms with E-state index in [0.717, 1.165) is 36.4 Å². The number of ether oxygens (including phenoxy) is 2. The van der Waals surface area contributed by atoms with E-state index in [4.69, 9.17) is 9.47 Å². The zero-order valence-corrected chi connectivity index (χ0v) is 16.3. The predicted octanol–water partition coefficient (Wildman–Crippen LogP) is 3.88. The molecule has 1 aliphatic rings. The third kappa shape index (κ3) is 5.12. The van der Waals surface area contributed by atoms with Crippen molar-refractivity contribution in [3.05, 3.63) is 23.8 Å². The van der Waals surface area contributed by atoms with E-state index in [0.29, 0.717) is 6.04 Å². The highest BCUT2D eigenvalue weighted by Crippen LogP contribution is 2.33. The van der Waals surface area contributed by atoms with Crippen LogP contribution in [-0.2, 0) is 6.54 Å². The molecule has 0 aliphatic carbocycles. The van der Waals surface area contributed by atoms with Crippen LogP contribution < -0.4 is 20.1 Å². The van der Waals surface area contributed by atoms with Gasteiger partial charge in [0.25, 0.3) is 0 Å².